The fraction of sp³-hybridized carbons (Fsp3) is 0.667. The van der Waals surface area contributed by atoms with Gasteiger partial charge in [0.2, 0.25) is 0 Å². The summed E-state index contributed by atoms with van der Waals surface area (Å²) in [5.41, 5.74) is 7.50. The summed E-state index contributed by atoms with van der Waals surface area (Å²) in [7, 11) is 0. The first-order chi connectivity index (χ1) is 12.6. The van der Waals surface area contributed by atoms with Gasteiger partial charge in [0, 0.05) is 30.3 Å². The second-order valence-electron chi connectivity index (χ2n) is 7.33. The number of ether oxygens (including phenoxy) is 1. The molecule has 0 aliphatic heterocycles. The van der Waals surface area contributed by atoms with Crippen LogP contribution in [0.3, 0.4) is 0 Å². The third-order valence-corrected chi connectivity index (χ3v) is 5.10. The SMILES string of the molecule is CCC.CCN(CCc1c(C)ccc(Cl)c1SCCN)C(=O)OC(C)(C)C. The molecule has 0 aliphatic rings. The van der Waals surface area contributed by atoms with Crippen molar-refractivity contribution in [2.24, 2.45) is 5.73 Å². The lowest BCUT2D eigenvalue weighted by atomic mass is 10.1. The largest absolute Gasteiger partial charge is 0.444 e. The summed E-state index contributed by atoms with van der Waals surface area (Å²) < 4.78 is 5.47. The highest BCUT2D eigenvalue weighted by atomic mass is 35.5. The molecule has 1 aromatic carbocycles. The number of benzene rings is 1. The Kier molecular flexibility index (Phi) is 12.8. The number of likely N-dealkylation sites (N-methyl/N-ethyl adjacent to an activating group) is 1. The monoisotopic (exact) mass is 416 g/mol. The van der Waals surface area contributed by atoms with Crippen molar-refractivity contribution in [1.82, 2.24) is 4.90 Å². The number of hydrogen-bond donors (Lipinski definition) is 1. The number of carbonyl (C=O) groups excluding carboxylic acids is 1. The molecule has 0 aliphatic carbocycles. The van der Waals surface area contributed by atoms with Gasteiger partial charge in [-0.05, 0) is 58.2 Å². The minimum Gasteiger partial charge on any atom is -0.444 e. The van der Waals surface area contributed by atoms with E-state index in [1.807, 2.05) is 39.8 Å². The molecule has 0 saturated carbocycles. The van der Waals surface area contributed by atoms with Crippen LogP contribution in [0.4, 0.5) is 4.79 Å². The van der Waals surface area contributed by atoms with E-state index in [0.29, 0.717) is 19.6 Å². The van der Waals surface area contributed by atoms with E-state index in [9.17, 15) is 4.79 Å². The molecule has 0 atom stereocenters. The molecule has 0 saturated heterocycles. The maximum atomic E-state index is 12.3. The summed E-state index contributed by atoms with van der Waals surface area (Å²) in [6.07, 6.45) is 1.72. The molecule has 4 nitrogen and oxygen atoms in total. The molecule has 0 unspecified atom stereocenters. The van der Waals surface area contributed by atoms with E-state index in [1.54, 1.807) is 16.7 Å². The number of carbonyl (C=O) groups is 1. The summed E-state index contributed by atoms with van der Waals surface area (Å²) in [4.78, 5) is 15.1. The second-order valence-corrected chi connectivity index (χ2v) is 8.84. The van der Waals surface area contributed by atoms with Gasteiger partial charge in [-0.25, -0.2) is 4.79 Å². The number of hydrogen-bond acceptors (Lipinski definition) is 4. The number of nitrogens with two attached hydrogens (primary N) is 1. The Balaban J connectivity index is 0.00000210. The highest BCUT2D eigenvalue weighted by Crippen LogP contribution is 2.33. The van der Waals surface area contributed by atoms with E-state index < -0.39 is 5.60 Å². The standard InChI is InChI=1S/C18H29ClN2O2S.C3H8/c1-6-21(17(22)23-18(3,4)5)11-9-14-13(2)7-8-15(19)16(14)24-12-10-20;1-3-2/h7-8H,6,9-12,20H2,1-5H3;3H2,1-2H3. The molecule has 1 rings (SSSR count). The molecule has 27 heavy (non-hydrogen) atoms. The van der Waals surface area contributed by atoms with Gasteiger partial charge in [-0.1, -0.05) is 37.9 Å². The minimum absolute atomic E-state index is 0.277. The van der Waals surface area contributed by atoms with Crippen molar-refractivity contribution in [2.75, 3.05) is 25.4 Å². The zero-order chi connectivity index (χ0) is 21.0. The summed E-state index contributed by atoms with van der Waals surface area (Å²) in [5, 5.41) is 0.745. The molecule has 0 radical (unpaired) electrons. The van der Waals surface area contributed by atoms with Gasteiger partial charge in [-0.2, -0.15) is 0 Å². The molecule has 6 heteroatoms. The van der Waals surface area contributed by atoms with Crippen LogP contribution in [0.1, 0.15) is 59.1 Å². The van der Waals surface area contributed by atoms with E-state index in [4.69, 9.17) is 22.1 Å². The average molecular weight is 417 g/mol. The summed E-state index contributed by atoms with van der Waals surface area (Å²) in [6, 6.07) is 3.94. The van der Waals surface area contributed by atoms with Crippen LogP contribution in [-0.4, -0.2) is 42.0 Å². The summed E-state index contributed by atoms with van der Waals surface area (Å²) in [5.74, 6) is 0.819. The molecular formula is C21H37ClN2O2S. The van der Waals surface area contributed by atoms with Crippen molar-refractivity contribution in [3.63, 3.8) is 0 Å². The zero-order valence-corrected chi connectivity index (χ0v) is 19.6. The highest BCUT2D eigenvalue weighted by Gasteiger charge is 2.21. The maximum absolute atomic E-state index is 12.3. The van der Waals surface area contributed by atoms with E-state index in [1.165, 1.54) is 17.5 Å². The van der Waals surface area contributed by atoms with Crippen LogP contribution in [-0.2, 0) is 11.2 Å². The van der Waals surface area contributed by atoms with Crippen LogP contribution in [0, 0.1) is 6.92 Å². The molecule has 0 fully saturated rings. The molecule has 0 spiro atoms. The predicted molar refractivity (Wildman–Crippen MR) is 119 cm³/mol. The van der Waals surface area contributed by atoms with Crippen LogP contribution in [0.25, 0.3) is 0 Å². The van der Waals surface area contributed by atoms with Gasteiger partial charge in [0.05, 0.1) is 5.02 Å². The Morgan fingerprint density at radius 2 is 1.85 bits per heavy atom. The van der Waals surface area contributed by atoms with Crippen molar-refractivity contribution in [2.45, 2.75) is 71.8 Å². The first-order valence-corrected chi connectivity index (χ1v) is 11.1. The third-order valence-electron chi connectivity index (χ3n) is 3.48. The minimum atomic E-state index is -0.487. The van der Waals surface area contributed by atoms with Gasteiger partial charge in [0.25, 0.3) is 0 Å². The van der Waals surface area contributed by atoms with Crippen molar-refractivity contribution in [3.05, 3.63) is 28.3 Å². The van der Waals surface area contributed by atoms with E-state index in [2.05, 4.69) is 20.8 Å². The third kappa shape index (κ3) is 10.3. The molecule has 0 aromatic heterocycles. The van der Waals surface area contributed by atoms with Gasteiger partial charge in [-0.15, -0.1) is 11.8 Å². The van der Waals surface area contributed by atoms with Gasteiger partial charge in [0.1, 0.15) is 5.60 Å². The highest BCUT2D eigenvalue weighted by molar-refractivity contribution is 7.99. The van der Waals surface area contributed by atoms with Crippen LogP contribution >= 0.6 is 23.4 Å². The molecular weight excluding hydrogens is 380 g/mol. The summed E-state index contributed by atoms with van der Waals surface area (Å²) >= 11 is 8.04. The molecule has 1 amide bonds. The fourth-order valence-corrected chi connectivity index (χ4v) is 3.58. The Bertz CT molecular complexity index is 574. The van der Waals surface area contributed by atoms with Crippen LogP contribution in [0.15, 0.2) is 17.0 Å². The Morgan fingerprint density at radius 1 is 1.26 bits per heavy atom. The molecule has 0 heterocycles. The average Bonchev–Trinajstić information content (AvgIpc) is 2.56. The number of aryl methyl sites for hydroxylation is 1. The first kappa shape index (κ1) is 26.1. The van der Waals surface area contributed by atoms with Crippen LogP contribution in [0.2, 0.25) is 5.02 Å². The van der Waals surface area contributed by atoms with Gasteiger partial charge >= 0.3 is 6.09 Å². The van der Waals surface area contributed by atoms with E-state index in [-0.39, 0.29) is 6.09 Å². The van der Waals surface area contributed by atoms with Gasteiger partial charge in [0.15, 0.2) is 0 Å². The first-order valence-electron chi connectivity index (χ1n) is 9.69. The lowest BCUT2D eigenvalue weighted by Gasteiger charge is -2.27. The van der Waals surface area contributed by atoms with Crippen molar-refractivity contribution >= 4 is 29.5 Å². The lowest BCUT2D eigenvalue weighted by Crippen LogP contribution is -2.38. The van der Waals surface area contributed by atoms with E-state index in [0.717, 1.165) is 22.1 Å². The number of halogens is 1. The molecule has 1 aromatic rings. The smallest absolute Gasteiger partial charge is 0.410 e. The fourth-order valence-electron chi connectivity index (χ4n) is 2.28. The maximum Gasteiger partial charge on any atom is 0.410 e. The molecule has 156 valence electrons. The molecule has 0 bridgehead atoms. The van der Waals surface area contributed by atoms with Gasteiger partial charge in [-0.3, -0.25) is 0 Å². The Morgan fingerprint density at radius 3 is 2.33 bits per heavy atom. The van der Waals surface area contributed by atoms with Crippen LogP contribution in [0.5, 0.6) is 0 Å². The second kappa shape index (κ2) is 13.3. The van der Waals surface area contributed by atoms with Crippen molar-refractivity contribution < 1.29 is 9.53 Å². The van der Waals surface area contributed by atoms with E-state index >= 15 is 0 Å². The predicted octanol–water partition coefficient (Wildman–Crippen LogP) is 5.92. The number of nitrogens with zero attached hydrogens (tertiary/aromatic N) is 1. The van der Waals surface area contributed by atoms with Crippen molar-refractivity contribution in [1.29, 1.82) is 0 Å². The topological polar surface area (TPSA) is 55.6 Å². The Labute approximate surface area is 175 Å². The number of thioether (sulfide) groups is 1. The zero-order valence-electron chi connectivity index (χ0n) is 18.0. The van der Waals surface area contributed by atoms with Crippen LogP contribution < -0.4 is 5.73 Å². The quantitative estimate of drug-likeness (QED) is 0.561. The van der Waals surface area contributed by atoms with Crippen molar-refractivity contribution in [3.8, 4) is 0 Å². The van der Waals surface area contributed by atoms with Gasteiger partial charge < -0.3 is 15.4 Å². The lowest BCUT2D eigenvalue weighted by molar-refractivity contribution is 0.0262. The normalized spacial score (nSPS) is 10.9. The summed E-state index contributed by atoms with van der Waals surface area (Å²) in [6.45, 7) is 15.7. The Hall–Kier alpha value is -0.910. The number of amides is 1. The molecule has 2 N–H and O–H groups in total. The number of rotatable bonds is 7.